The van der Waals surface area contributed by atoms with E-state index in [0.717, 1.165) is 16.9 Å². The topological polar surface area (TPSA) is 37.4 Å². The van der Waals surface area contributed by atoms with E-state index < -0.39 is 10.8 Å². The summed E-state index contributed by atoms with van der Waals surface area (Å²) in [6.45, 7) is 2.47. The van der Waals surface area contributed by atoms with E-state index in [-0.39, 0.29) is 6.04 Å². The summed E-state index contributed by atoms with van der Waals surface area (Å²) in [6, 6.07) is 19.1. The summed E-state index contributed by atoms with van der Waals surface area (Å²) in [5.74, 6) is 0.440. The minimum absolute atomic E-state index is 0.0799. The minimum atomic E-state index is -1.09. The average molecular weight is 301 g/mol. The van der Waals surface area contributed by atoms with Crippen molar-refractivity contribution in [2.24, 2.45) is 0 Å². The molecule has 0 aliphatic rings. The normalized spacial score (nSPS) is 13.4. The standard InChI is InChI=1S/C17H19NO2S/c1-15(13-21(20)17-10-6-3-7-11-17)18(14-19)12-16-8-4-2-5-9-16/h2-11,14-15H,12-13H2,1H3/t15-,21?/m0/s1. The Balaban J connectivity index is 1.99. The van der Waals surface area contributed by atoms with E-state index >= 15 is 0 Å². The SMILES string of the molecule is C[C@@H](CS(=O)c1ccccc1)N(C=O)Cc1ccccc1. The maximum absolute atomic E-state index is 12.3. The Morgan fingerprint density at radius 1 is 1.05 bits per heavy atom. The number of hydrogen-bond donors (Lipinski definition) is 0. The molecule has 0 spiro atoms. The molecule has 0 saturated heterocycles. The van der Waals surface area contributed by atoms with E-state index in [1.54, 1.807) is 4.90 Å². The molecule has 2 rings (SSSR count). The van der Waals surface area contributed by atoms with Crippen LogP contribution in [0.5, 0.6) is 0 Å². The van der Waals surface area contributed by atoms with E-state index in [2.05, 4.69) is 0 Å². The third-order valence-electron chi connectivity index (χ3n) is 3.31. The van der Waals surface area contributed by atoms with Crippen molar-refractivity contribution in [2.75, 3.05) is 5.75 Å². The van der Waals surface area contributed by atoms with Crippen molar-refractivity contribution in [1.29, 1.82) is 0 Å². The Labute approximate surface area is 128 Å². The van der Waals surface area contributed by atoms with Gasteiger partial charge in [0.05, 0.1) is 10.8 Å². The number of benzene rings is 2. The fraction of sp³-hybridized carbons (Fsp3) is 0.235. The number of carbonyl (C=O) groups is 1. The molecule has 0 N–H and O–H groups in total. The molecular formula is C17H19NO2S. The number of rotatable bonds is 7. The van der Waals surface area contributed by atoms with Gasteiger partial charge in [0.1, 0.15) is 0 Å². The number of amides is 1. The van der Waals surface area contributed by atoms with Gasteiger partial charge in [-0.15, -0.1) is 0 Å². The second kappa shape index (κ2) is 7.74. The summed E-state index contributed by atoms with van der Waals surface area (Å²) in [4.78, 5) is 13.8. The Bertz CT molecular complexity index is 586. The first-order valence-corrected chi connectivity index (χ1v) is 8.21. The Morgan fingerprint density at radius 3 is 2.19 bits per heavy atom. The number of hydrogen-bond acceptors (Lipinski definition) is 2. The van der Waals surface area contributed by atoms with Gasteiger partial charge in [-0.3, -0.25) is 9.00 Å². The molecule has 0 saturated carbocycles. The first-order valence-electron chi connectivity index (χ1n) is 6.89. The van der Waals surface area contributed by atoms with Crippen LogP contribution < -0.4 is 0 Å². The molecule has 4 heteroatoms. The van der Waals surface area contributed by atoms with Crippen molar-refractivity contribution in [3.8, 4) is 0 Å². The second-order valence-electron chi connectivity index (χ2n) is 4.94. The van der Waals surface area contributed by atoms with Crippen LogP contribution in [0.1, 0.15) is 12.5 Å². The van der Waals surface area contributed by atoms with Crippen molar-refractivity contribution >= 4 is 17.2 Å². The lowest BCUT2D eigenvalue weighted by atomic mass is 10.2. The van der Waals surface area contributed by atoms with Crippen LogP contribution in [0.2, 0.25) is 0 Å². The number of carbonyl (C=O) groups excluding carboxylic acids is 1. The predicted octanol–water partition coefficient (Wildman–Crippen LogP) is 2.84. The van der Waals surface area contributed by atoms with Gasteiger partial charge in [0.25, 0.3) is 0 Å². The van der Waals surface area contributed by atoms with Crippen LogP contribution in [0.25, 0.3) is 0 Å². The van der Waals surface area contributed by atoms with Crippen molar-refractivity contribution in [3.05, 3.63) is 66.2 Å². The summed E-state index contributed by atoms with van der Waals surface area (Å²) in [6.07, 6.45) is 0.833. The molecule has 21 heavy (non-hydrogen) atoms. The van der Waals surface area contributed by atoms with Gasteiger partial charge in [-0.1, -0.05) is 48.5 Å². The Kier molecular flexibility index (Phi) is 5.69. The highest BCUT2D eigenvalue weighted by Crippen LogP contribution is 2.11. The maximum Gasteiger partial charge on any atom is 0.210 e. The van der Waals surface area contributed by atoms with Crippen molar-refractivity contribution in [2.45, 2.75) is 24.4 Å². The summed E-state index contributed by atoms with van der Waals surface area (Å²) in [5, 5.41) is 0. The zero-order chi connectivity index (χ0) is 15.1. The molecule has 2 aromatic rings. The van der Waals surface area contributed by atoms with Gasteiger partial charge in [-0.2, -0.15) is 0 Å². The van der Waals surface area contributed by atoms with Gasteiger partial charge in [-0.05, 0) is 24.6 Å². The lowest BCUT2D eigenvalue weighted by Gasteiger charge is -2.25. The molecule has 0 aliphatic carbocycles. The van der Waals surface area contributed by atoms with Gasteiger partial charge in [0.15, 0.2) is 0 Å². The van der Waals surface area contributed by atoms with Gasteiger partial charge in [0, 0.05) is 23.2 Å². The minimum Gasteiger partial charge on any atom is -0.337 e. The zero-order valence-electron chi connectivity index (χ0n) is 12.0. The van der Waals surface area contributed by atoms with E-state index in [1.807, 2.05) is 67.6 Å². The maximum atomic E-state index is 12.3. The van der Waals surface area contributed by atoms with Gasteiger partial charge in [-0.25, -0.2) is 0 Å². The first kappa shape index (κ1) is 15.4. The highest BCUT2D eigenvalue weighted by atomic mass is 32.2. The molecule has 0 aromatic heterocycles. The Hall–Kier alpha value is -1.94. The lowest BCUT2D eigenvalue weighted by Crippen LogP contribution is -2.35. The Morgan fingerprint density at radius 2 is 1.62 bits per heavy atom. The summed E-state index contributed by atoms with van der Waals surface area (Å²) < 4.78 is 12.3. The fourth-order valence-corrected chi connectivity index (χ4v) is 3.36. The predicted molar refractivity (Wildman–Crippen MR) is 85.2 cm³/mol. The molecule has 2 aromatic carbocycles. The molecule has 2 atom stereocenters. The third-order valence-corrected chi connectivity index (χ3v) is 4.89. The summed E-state index contributed by atoms with van der Waals surface area (Å²) in [5.41, 5.74) is 1.07. The first-order chi connectivity index (χ1) is 10.2. The molecule has 0 radical (unpaired) electrons. The molecule has 3 nitrogen and oxygen atoms in total. The average Bonchev–Trinajstić information content (AvgIpc) is 2.54. The zero-order valence-corrected chi connectivity index (χ0v) is 12.8. The summed E-state index contributed by atoms with van der Waals surface area (Å²) in [7, 11) is -1.09. The summed E-state index contributed by atoms with van der Waals surface area (Å²) >= 11 is 0. The highest BCUT2D eigenvalue weighted by molar-refractivity contribution is 7.85. The van der Waals surface area contributed by atoms with Crippen LogP contribution >= 0.6 is 0 Å². The molecule has 110 valence electrons. The van der Waals surface area contributed by atoms with Crippen LogP contribution in [0.4, 0.5) is 0 Å². The largest absolute Gasteiger partial charge is 0.337 e. The van der Waals surface area contributed by atoms with Crippen LogP contribution in [0, 0.1) is 0 Å². The van der Waals surface area contributed by atoms with Crippen molar-refractivity contribution in [1.82, 2.24) is 4.90 Å². The number of nitrogens with zero attached hydrogens (tertiary/aromatic N) is 1. The van der Waals surface area contributed by atoms with Gasteiger partial charge in [0.2, 0.25) is 6.41 Å². The lowest BCUT2D eigenvalue weighted by molar-refractivity contribution is -0.120. The quantitative estimate of drug-likeness (QED) is 0.738. The van der Waals surface area contributed by atoms with E-state index in [4.69, 9.17) is 0 Å². The van der Waals surface area contributed by atoms with Crippen molar-refractivity contribution in [3.63, 3.8) is 0 Å². The molecule has 0 bridgehead atoms. The molecule has 0 aliphatic heterocycles. The van der Waals surface area contributed by atoms with E-state index in [0.29, 0.717) is 12.3 Å². The van der Waals surface area contributed by atoms with Crippen LogP contribution in [0.15, 0.2) is 65.6 Å². The second-order valence-corrected chi connectivity index (χ2v) is 6.43. The van der Waals surface area contributed by atoms with E-state index in [1.165, 1.54) is 0 Å². The third kappa shape index (κ3) is 4.53. The van der Waals surface area contributed by atoms with Crippen LogP contribution in [-0.4, -0.2) is 27.3 Å². The fourth-order valence-electron chi connectivity index (χ4n) is 2.07. The van der Waals surface area contributed by atoms with E-state index in [9.17, 15) is 9.00 Å². The highest BCUT2D eigenvalue weighted by Gasteiger charge is 2.16. The smallest absolute Gasteiger partial charge is 0.210 e. The van der Waals surface area contributed by atoms with Crippen molar-refractivity contribution < 1.29 is 9.00 Å². The van der Waals surface area contributed by atoms with Gasteiger partial charge < -0.3 is 4.90 Å². The molecule has 1 amide bonds. The van der Waals surface area contributed by atoms with Crippen LogP contribution in [-0.2, 0) is 22.1 Å². The molecule has 0 fully saturated rings. The molecule has 0 heterocycles. The molecule has 1 unspecified atom stereocenters. The van der Waals surface area contributed by atoms with Gasteiger partial charge >= 0.3 is 0 Å². The molecular weight excluding hydrogens is 282 g/mol. The van der Waals surface area contributed by atoms with Crippen LogP contribution in [0.3, 0.4) is 0 Å². The monoisotopic (exact) mass is 301 g/mol.